The van der Waals surface area contributed by atoms with Crippen molar-refractivity contribution in [3.8, 4) is 0 Å². The molecular weight excluding hydrogens is 256 g/mol. The second-order valence-electron chi connectivity index (χ2n) is 3.96. The van der Waals surface area contributed by atoms with E-state index in [1.54, 1.807) is 42.5 Å². The fourth-order valence-corrected chi connectivity index (χ4v) is 1.62. The van der Waals surface area contributed by atoms with Gasteiger partial charge in [-0.2, -0.15) is 5.10 Å². The Morgan fingerprint density at radius 3 is 2.35 bits per heavy atom. The number of rotatable bonds is 4. The zero-order chi connectivity index (χ0) is 14.4. The molecule has 2 rings (SSSR count). The molecule has 0 radical (unpaired) electrons. The summed E-state index contributed by atoms with van der Waals surface area (Å²) in [5.41, 5.74) is 3.39. The number of carbonyl (C=O) groups is 2. The molecule has 0 heterocycles. The van der Waals surface area contributed by atoms with Gasteiger partial charge in [0.1, 0.15) is 0 Å². The summed E-state index contributed by atoms with van der Waals surface area (Å²) in [4.78, 5) is 22.7. The Bertz CT molecular complexity index is 651. The summed E-state index contributed by atoms with van der Waals surface area (Å²) in [5.74, 6) is -1.39. The Hall–Kier alpha value is -2.95. The van der Waals surface area contributed by atoms with Gasteiger partial charge in [0.15, 0.2) is 0 Å². The van der Waals surface area contributed by atoms with Crippen molar-refractivity contribution in [2.45, 2.75) is 0 Å². The van der Waals surface area contributed by atoms with E-state index in [9.17, 15) is 9.59 Å². The van der Waals surface area contributed by atoms with Gasteiger partial charge in [0.2, 0.25) is 0 Å². The fraction of sp³-hybridized carbons (Fsp3) is 0. The SMILES string of the molecule is O=C(NN=Cc1ccccc1C(=O)O)c1ccccc1. The maximum Gasteiger partial charge on any atom is 0.336 e. The first kappa shape index (κ1) is 13.5. The van der Waals surface area contributed by atoms with Crippen LogP contribution in [0.5, 0.6) is 0 Å². The van der Waals surface area contributed by atoms with Gasteiger partial charge >= 0.3 is 5.97 Å². The first-order chi connectivity index (χ1) is 9.68. The highest BCUT2D eigenvalue weighted by Crippen LogP contribution is 2.05. The number of carbonyl (C=O) groups excluding carboxylic acids is 1. The smallest absolute Gasteiger partial charge is 0.336 e. The van der Waals surface area contributed by atoms with Gasteiger partial charge in [-0.3, -0.25) is 4.79 Å². The minimum atomic E-state index is -1.04. The number of benzene rings is 2. The van der Waals surface area contributed by atoms with Gasteiger partial charge < -0.3 is 5.11 Å². The quantitative estimate of drug-likeness (QED) is 0.658. The number of amides is 1. The highest BCUT2D eigenvalue weighted by atomic mass is 16.4. The fourth-order valence-electron chi connectivity index (χ4n) is 1.62. The van der Waals surface area contributed by atoms with Gasteiger partial charge in [-0.25, -0.2) is 10.2 Å². The Morgan fingerprint density at radius 1 is 1.00 bits per heavy atom. The summed E-state index contributed by atoms with van der Waals surface area (Å²) in [6, 6.07) is 15.0. The molecule has 0 bridgehead atoms. The van der Waals surface area contributed by atoms with Crippen LogP contribution in [0.3, 0.4) is 0 Å². The zero-order valence-corrected chi connectivity index (χ0v) is 10.5. The number of nitrogens with one attached hydrogen (secondary N) is 1. The number of nitrogens with zero attached hydrogens (tertiary/aromatic N) is 1. The van der Waals surface area contributed by atoms with E-state index < -0.39 is 5.97 Å². The molecule has 0 aliphatic carbocycles. The van der Waals surface area contributed by atoms with E-state index in [0.717, 1.165) is 0 Å². The van der Waals surface area contributed by atoms with Crippen LogP contribution in [0.2, 0.25) is 0 Å². The minimum Gasteiger partial charge on any atom is -0.478 e. The summed E-state index contributed by atoms with van der Waals surface area (Å²) >= 11 is 0. The molecule has 2 aromatic carbocycles. The van der Waals surface area contributed by atoms with E-state index in [1.807, 2.05) is 6.07 Å². The molecule has 0 fully saturated rings. The number of carboxylic acid groups (broad SMARTS) is 1. The number of hydrazone groups is 1. The van der Waals surface area contributed by atoms with Gasteiger partial charge in [0.25, 0.3) is 5.91 Å². The van der Waals surface area contributed by atoms with Crippen molar-refractivity contribution in [1.82, 2.24) is 5.43 Å². The second-order valence-corrected chi connectivity index (χ2v) is 3.96. The molecule has 1 amide bonds. The summed E-state index contributed by atoms with van der Waals surface area (Å²) in [6.07, 6.45) is 1.31. The average molecular weight is 268 g/mol. The summed E-state index contributed by atoms with van der Waals surface area (Å²) < 4.78 is 0. The van der Waals surface area contributed by atoms with Gasteiger partial charge in [0, 0.05) is 11.1 Å². The summed E-state index contributed by atoms with van der Waals surface area (Å²) in [6.45, 7) is 0. The van der Waals surface area contributed by atoms with Crippen LogP contribution in [0.4, 0.5) is 0 Å². The van der Waals surface area contributed by atoms with Crippen molar-refractivity contribution in [1.29, 1.82) is 0 Å². The lowest BCUT2D eigenvalue weighted by molar-refractivity contribution is 0.0696. The molecule has 5 heteroatoms. The van der Waals surface area contributed by atoms with Crippen LogP contribution >= 0.6 is 0 Å². The number of aromatic carboxylic acids is 1. The largest absolute Gasteiger partial charge is 0.478 e. The predicted octanol–water partition coefficient (Wildman–Crippen LogP) is 2.15. The molecule has 0 aromatic heterocycles. The maximum absolute atomic E-state index is 11.7. The van der Waals surface area contributed by atoms with Crippen LogP contribution in [0.25, 0.3) is 0 Å². The monoisotopic (exact) mass is 268 g/mol. The predicted molar refractivity (Wildman–Crippen MR) is 74.9 cm³/mol. The van der Waals surface area contributed by atoms with Gasteiger partial charge in [0.05, 0.1) is 11.8 Å². The van der Waals surface area contributed by atoms with Crippen LogP contribution in [-0.4, -0.2) is 23.2 Å². The molecule has 0 saturated carbocycles. The lowest BCUT2D eigenvalue weighted by Crippen LogP contribution is -2.17. The molecule has 0 aliphatic rings. The molecule has 0 unspecified atom stereocenters. The van der Waals surface area contributed by atoms with E-state index in [2.05, 4.69) is 10.5 Å². The lowest BCUT2D eigenvalue weighted by Gasteiger charge is -2.01. The van der Waals surface area contributed by atoms with Crippen molar-refractivity contribution in [3.63, 3.8) is 0 Å². The van der Waals surface area contributed by atoms with Crippen molar-refractivity contribution in [2.24, 2.45) is 5.10 Å². The number of hydrogen-bond acceptors (Lipinski definition) is 3. The second kappa shape index (κ2) is 6.29. The van der Waals surface area contributed by atoms with Crippen molar-refractivity contribution >= 4 is 18.1 Å². The molecular formula is C15H12N2O3. The van der Waals surface area contributed by atoms with E-state index in [0.29, 0.717) is 11.1 Å². The first-order valence-corrected chi connectivity index (χ1v) is 5.89. The summed E-state index contributed by atoms with van der Waals surface area (Å²) in [5, 5.41) is 12.8. The Balaban J connectivity index is 2.08. The van der Waals surface area contributed by atoms with Gasteiger partial charge in [-0.15, -0.1) is 0 Å². The van der Waals surface area contributed by atoms with E-state index in [1.165, 1.54) is 12.3 Å². The van der Waals surface area contributed by atoms with Crippen LogP contribution in [0.1, 0.15) is 26.3 Å². The van der Waals surface area contributed by atoms with Crippen LogP contribution < -0.4 is 5.43 Å². The van der Waals surface area contributed by atoms with Crippen molar-refractivity contribution in [2.75, 3.05) is 0 Å². The molecule has 100 valence electrons. The molecule has 0 saturated heterocycles. The third kappa shape index (κ3) is 3.29. The van der Waals surface area contributed by atoms with Crippen molar-refractivity contribution in [3.05, 3.63) is 71.3 Å². The highest BCUT2D eigenvalue weighted by Gasteiger charge is 2.07. The zero-order valence-electron chi connectivity index (χ0n) is 10.5. The highest BCUT2D eigenvalue weighted by molar-refractivity contribution is 5.99. The van der Waals surface area contributed by atoms with Gasteiger partial charge in [-0.1, -0.05) is 36.4 Å². The molecule has 0 aliphatic heterocycles. The number of carboxylic acids is 1. The molecule has 2 N–H and O–H groups in total. The van der Waals surface area contributed by atoms with Crippen LogP contribution in [0.15, 0.2) is 59.7 Å². The third-order valence-corrected chi connectivity index (χ3v) is 2.60. The molecule has 0 spiro atoms. The van der Waals surface area contributed by atoms with E-state index >= 15 is 0 Å². The topological polar surface area (TPSA) is 78.8 Å². The normalized spacial score (nSPS) is 10.4. The minimum absolute atomic E-state index is 0.130. The molecule has 20 heavy (non-hydrogen) atoms. The van der Waals surface area contributed by atoms with Crippen molar-refractivity contribution < 1.29 is 14.7 Å². The Kier molecular flexibility index (Phi) is 4.24. The van der Waals surface area contributed by atoms with Crippen LogP contribution in [-0.2, 0) is 0 Å². The number of hydrogen-bond donors (Lipinski definition) is 2. The Morgan fingerprint density at radius 2 is 1.65 bits per heavy atom. The standard InChI is InChI=1S/C15H12N2O3/c18-14(11-6-2-1-3-7-11)17-16-10-12-8-4-5-9-13(12)15(19)20/h1-10H,(H,17,18)(H,19,20). The average Bonchev–Trinajstić information content (AvgIpc) is 2.48. The van der Waals surface area contributed by atoms with Crippen LogP contribution in [0, 0.1) is 0 Å². The maximum atomic E-state index is 11.7. The summed E-state index contributed by atoms with van der Waals surface area (Å²) in [7, 11) is 0. The molecule has 0 atom stereocenters. The third-order valence-electron chi connectivity index (χ3n) is 2.60. The lowest BCUT2D eigenvalue weighted by atomic mass is 10.1. The Labute approximate surface area is 115 Å². The van der Waals surface area contributed by atoms with E-state index in [4.69, 9.17) is 5.11 Å². The van der Waals surface area contributed by atoms with Gasteiger partial charge in [-0.05, 0) is 18.2 Å². The molecule has 5 nitrogen and oxygen atoms in total. The molecule has 2 aromatic rings. The van der Waals surface area contributed by atoms with E-state index in [-0.39, 0.29) is 11.5 Å². The first-order valence-electron chi connectivity index (χ1n) is 5.89.